The van der Waals surface area contributed by atoms with Crippen LogP contribution in [-0.2, 0) is 41.8 Å². The topological polar surface area (TPSA) is 71.1 Å². The van der Waals surface area contributed by atoms with E-state index in [1.165, 1.54) is 0 Å². The van der Waals surface area contributed by atoms with Gasteiger partial charge in [-0.3, -0.25) is 9.59 Å². The van der Waals surface area contributed by atoms with Crippen molar-refractivity contribution in [2.75, 3.05) is 19.8 Å². The van der Waals surface area contributed by atoms with E-state index in [1.807, 2.05) is 20.8 Å². The van der Waals surface area contributed by atoms with Crippen LogP contribution in [0.25, 0.3) is 0 Å². The van der Waals surface area contributed by atoms with Crippen LogP contribution in [0.4, 0.5) is 0 Å². The summed E-state index contributed by atoms with van der Waals surface area (Å²) in [5.41, 5.74) is -2.89. The van der Waals surface area contributed by atoms with Crippen LogP contribution in [0.1, 0.15) is 51.2 Å². The lowest BCUT2D eigenvalue weighted by Crippen LogP contribution is -2.56. The maximum absolute atomic E-state index is 14.6. The van der Waals surface area contributed by atoms with Crippen molar-refractivity contribution < 1.29 is 28.5 Å². The number of rotatable bonds is 10. The second kappa shape index (κ2) is 11.1. The van der Waals surface area contributed by atoms with E-state index in [4.69, 9.17) is 65.4 Å². The molecule has 2 aromatic rings. The number of hydrogen-bond donors (Lipinski definition) is 0. The fraction of sp³-hybridized carbons (Fsp3) is 0.533. The zero-order valence-corrected chi connectivity index (χ0v) is 25.7. The van der Waals surface area contributed by atoms with Gasteiger partial charge in [-0.2, -0.15) is 0 Å². The van der Waals surface area contributed by atoms with Crippen molar-refractivity contribution in [1.82, 2.24) is 0 Å². The highest BCUT2D eigenvalue weighted by Gasteiger charge is 2.85. The molecule has 0 N–H and O–H groups in total. The van der Waals surface area contributed by atoms with Crippen LogP contribution < -0.4 is 0 Å². The summed E-state index contributed by atoms with van der Waals surface area (Å²) in [4.78, 5) is 27.6. The molecule has 1 saturated heterocycles. The van der Waals surface area contributed by atoms with Crippen molar-refractivity contribution in [2.24, 2.45) is 16.2 Å². The highest BCUT2D eigenvalue weighted by molar-refractivity contribution is 6.36. The van der Waals surface area contributed by atoms with Gasteiger partial charge in [0.15, 0.2) is 12.1 Å². The zero-order valence-electron chi connectivity index (χ0n) is 22.7. The molecule has 0 bridgehead atoms. The lowest BCUT2D eigenvalue weighted by atomic mass is 9.61. The van der Waals surface area contributed by atoms with Crippen LogP contribution in [0.5, 0.6) is 0 Å². The third-order valence-electron chi connectivity index (χ3n) is 9.36. The van der Waals surface area contributed by atoms with Crippen LogP contribution >= 0.6 is 46.4 Å². The minimum Gasteiger partial charge on any atom is -0.376 e. The minimum absolute atomic E-state index is 0.00510. The van der Waals surface area contributed by atoms with Gasteiger partial charge < -0.3 is 18.9 Å². The minimum atomic E-state index is -1.11. The summed E-state index contributed by atoms with van der Waals surface area (Å²) in [6, 6.07) is 10.5. The van der Waals surface area contributed by atoms with Gasteiger partial charge in [0.1, 0.15) is 5.78 Å². The largest absolute Gasteiger partial charge is 0.376 e. The maximum atomic E-state index is 14.6. The number of halogens is 4. The van der Waals surface area contributed by atoms with E-state index < -0.39 is 28.1 Å². The fourth-order valence-electron chi connectivity index (χ4n) is 7.20. The Labute approximate surface area is 254 Å². The fourth-order valence-corrected chi connectivity index (χ4v) is 8.21. The van der Waals surface area contributed by atoms with Crippen molar-refractivity contribution in [3.05, 3.63) is 67.6 Å². The summed E-state index contributed by atoms with van der Waals surface area (Å²) in [7, 11) is 0. The summed E-state index contributed by atoms with van der Waals surface area (Å²) < 4.78 is 25.0. The normalized spacial score (nSPS) is 33.0. The van der Waals surface area contributed by atoms with E-state index in [1.54, 1.807) is 36.4 Å². The molecule has 216 valence electrons. The molecule has 3 fully saturated rings. The molecule has 5 rings (SSSR count). The zero-order chi connectivity index (χ0) is 28.9. The first kappa shape index (κ1) is 30.2. The summed E-state index contributed by atoms with van der Waals surface area (Å²) in [6.07, 6.45) is -0.0795. The Kier molecular flexibility index (Phi) is 8.41. The van der Waals surface area contributed by atoms with E-state index in [2.05, 4.69) is 0 Å². The van der Waals surface area contributed by atoms with Crippen LogP contribution in [0.2, 0.25) is 20.1 Å². The first-order chi connectivity index (χ1) is 18.9. The highest BCUT2D eigenvalue weighted by Crippen LogP contribution is 2.75. The molecule has 0 spiro atoms. The monoisotopic (exact) mass is 628 g/mol. The lowest BCUT2D eigenvalue weighted by molar-refractivity contribution is -0.232. The Morgan fingerprint density at radius 3 is 1.90 bits per heavy atom. The van der Waals surface area contributed by atoms with E-state index in [-0.39, 0.29) is 50.8 Å². The Bertz CT molecular complexity index is 1290. The van der Waals surface area contributed by atoms with Gasteiger partial charge in [0.25, 0.3) is 0 Å². The summed E-state index contributed by atoms with van der Waals surface area (Å²) in [6.45, 7) is 6.54. The Morgan fingerprint density at radius 2 is 1.38 bits per heavy atom. The molecule has 0 aromatic heterocycles. The number of hydrogen-bond acceptors (Lipinski definition) is 6. The molecule has 5 atom stereocenters. The van der Waals surface area contributed by atoms with Crippen molar-refractivity contribution in [1.29, 1.82) is 0 Å². The van der Waals surface area contributed by atoms with Crippen molar-refractivity contribution in [2.45, 2.75) is 65.1 Å². The number of ketones is 2. The molecule has 10 heteroatoms. The molecule has 2 aromatic carbocycles. The number of carbonyl (C=O) groups excluding carboxylic acids is 2. The van der Waals surface area contributed by atoms with Crippen LogP contribution in [0, 0.1) is 16.2 Å². The van der Waals surface area contributed by atoms with Gasteiger partial charge in [-0.05, 0) is 38.1 Å². The predicted octanol–water partition coefficient (Wildman–Crippen LogP) is 7.50. The average molecular weight is 630 g/mol. The number of Topliss-reactive ketones (excluding diaryl/α,β-unsaturated/α-hetero) is 2. The molecule has 0 amide bonds. The standard InChI is InChI=1S/C30H32Cl4O6/c1-4-39-25-13-29-11-18(35)12-30(29,40-25)28(3,17-38-15-20-23(33)9-6-10-24(20)34)27(2,26(29)36)16-37-14-19-21(31)7-5-8-22(19)32/h5-10,25H,4,11-17H2,1-3H3/t25-,27-,28-,29-,30+/m0/s1. The molecule has 3 aliphatic rings. The summed E-state index contributed by atoms with van der Waals surface area (Å²) >= 11 is 25.5. The number of ether oxygens (including phenoxy) is 4. The Balaban J connectivity index is 1.49. The second-order valence-electron chi connectivity index (χ2n) is 11.4. The molecule has 2 saturated carbocycles. The molecule has 1 aliphatic heterocycles. The maximum Gasteiger partial charge on any atom is 0.159 e. The van der Waals surface area contributed by atoms with Gasteiger partial charge in [0.05, 0.1) is 42.9 Å². The quantitative estimate of drug-likeness (QED) is 0.271. The SMILES string of the molecule is CCO[C@@H]1C[C@]23CC(=O)C[C@@]2(O1)[C@@](C)(COCc1c(Cl)cccc1Cl)[C@@](C)(COCc1c(Cl)cccc1Cl)C3=O. The predicted molar refractivity (Wildman–Crippen MR) is 154 cm³/mol. The van der Waals surface area contributed by atoms with Gasteiger partial charge in [0, 0.05) is 62.5 Å². The smallest absolute Gasteiger partial charge is 0.159 e. The van der Waals surface area contributed by atoms with Gasteiger partial charge in [-0.15, -0.1) is 0 Å². The molecular formula is C30H32Cl4O6. The van der Waals surface area contributed by atoms with Crippen LogP contribution in [0.15, 0.2) is 36.4 Å². The van der Waals surface area contributed by atoms with Crippen LogP contribution in [-0.4, -0.2) is 43.3 Å². The molecule has 2 aliphatic carbocycles. The summed E-state index contributed by atoms with van der Waals surface area (Å²) in [5.74, 6) is -0.0744. The summed E-state index contributed by atoms with van der Waals surface area (Å²) in [5, 5.41) is 1.94. The van der Waals surface area contributed by atoms with E-state index >= 15 is 0 Å². The highest BCUT2D eigenvalue weighted by atomic mass is 35.5. The van der Waals surface area contributed by atoms with Gasteiger partial charge >= 0.3 is 0 Å². The average Bonchev–Trinajstić information content (AvgIpc) is 3.38. The second-order valence-corrected chi connectivity index (χ2v) is 13.0. The molecule has 1 heterocycles. The first-order valence-electron chi connectivity index (χ1n) is 13.3. The molecular weight excluding hydrogens is 598 g/mol. The number of carbonyl (C=O) groups is 2. The third-order valence-corrected chi connectivity index (χ3v) is 10.8. The van der Waals surface area contributed by atoms with E-state index in [9.17, 15) is 9.59 Å². The number of benzene rings is 2. The van der Waals surface area contributed by atoms with Gasteiger partial charge in [0.2, 0.25) is 0 Å². The van der Waals surface area contributed by atoms with Crippen molar-refractivity contribution in [3.63, 3.8) is 0 Å². The first-order valence-corrected chi connectivity index (χ1v) is 14.8. The van der Waals surface area contributed by atoms with Gasteiger partial charge in [-0.25, -0.2) is 0 Å². The van der Waals surface area contributed by atoms with Crippen LogP contribution in [0.3, 0.4) is 0 Å². The Morgan fingerprint density at radius 1 is 0.850 bits per heavy atom. The molecule has 40 heavy (non-hydrogen) atoms. The molecule has 0 unspecified atom stereocenters. The van der Waals surface area contributed by atoms with E-state index in [0.717, 1.165) is 0 Å². The van der Waals surface area contributed by atoms with Crippen molar-refractivity contribution >= 4 is 58.0 Å². The van der Waals surface area contributed by atoms with Gasteiger partial charge in [-0.1, -0.05) is 65.5 Å². The molecule has 6 nitrogen and oxygen atoms in total. The Hall–Kier alpha value is -1.22. The van der Waals surface area contributed by atoms with Crippen molar-refractivity contribution in [3.8, 4) is 0 Å². The molecule has 0 radical (unpaired) electrons. The third kappa shape index (κ3) is 4.46. The van der Waals surface area contributed by atoms with E-state index in [0.29, 0.717) is 44.2 Å². The lowest BCUT2D eigenvalue weighted by Gasteiger charge is -2.48.